The van der Waals surface area contributed by atoms with Crippen LogP contribution in [0, 0.1) is 0 Å². The van der Waals surface area contributed by atoms with Gasteiger partial charge < -0.3 is 60.5 Å². The number of phosphoric acid groups is 3. The summed E-state index contributed by atoms with van der Waals surface area (Å²) in [6.07, 6.45) is -10.8. The molecule has 0 spiro atoms. The molecule has 6 rings (SSSR count). The van der Waals surface area contributed by atoms with Gasteiger partial charge in [-0.25, -0.2) is 38.5 Å². The molecule has 28 nitrogen and oxygen atoms in total. The highest BCUT2D eigenvalue weighted by atomic mass is 31.3. The summed E-state index contributed by atoms with van der Waals surface area (Å²) in [5, 5.41) is 45.7. The van der Waals surface area contributed by atoms with Crippen LogP contribution < -0.4 is 26.6 Å². The van der Waals surface area contributed by atoms with E-state index in [1.165, 1.54) is 29.2 Å². The van der Waals surface area contributed by atoms with Crippen molar-refractivity contribution in [2.75, 3.05) is 55.0 Å². The van der Waals surface area contributed by atoms with Gasteiger partial charge in [-0.15, -0.1) is 0 Å². The number of hydrogen-bond donors (Lipinski definition) is 10. The van der Waals surface area contributed by atoms with E-state index in [9.17, 15) is 53.6 Å². The molecule has 0 aromatic carbocycles. The number of nitrogens with zero attached hydrogens (tertiary/aromatic N) is 7. The number of nitrogens with one attached hydrogen (secondary N) is 2. The number of fused-ring (bicyclic) bond motifs is 2. The molecule has 0 amide bonds. The number of ether oxygens (including phenoxy) is 2. The predicted molar refractivity (Wildman–Crippen MR) is 171 cm³/mol. The molecule has 0 bridgehead atoms. The van der Waals surface area contributed by atoms with Crippen LogP contribution in [0.1, 0.15) is 6.23 Å². The van der Waals surface area contributed by atoms with Crippen molar-refractivity contribution >= 4 is 57.9 Å². The number of aromatic amines is 1. The lowest BCUT2D eigenvalue weighted by atomic mass is 10.1. The Balaban J connectivity index is 1.01. The fourth-order valence-electron chi connectivity index (χ4n) is 5.44. The van der Waals surface area contributed by atoms with Crippen LogP contribution >= 0.6 is 23.5 Å². The highest BCUT2D eigenvalue weighted by molar-refractivity contribution is 7.66. The van der Waals surface area contributed by atoms with E-state index < -0.39 is 91.4 Å². The normalized spacial score (nSPS) is 30.7. The smallest absolute Gasteiger partial charge is 0.387 e. The van der Waals surface area contributed by atoms with Crippen molar-refractivity contribution in [3.8, 4) is 0 Å². The van der Waals surface area contributed by atoms with Gasteiger partial charge in [0.05, 0.1) is 19.5 Å². The topological polar surface area (TPSA) is 391 Å². The van der Waals surface area contributed by atoms with Crippen LogP contribution in [0.3, 0.4) is 0 Å². The zero-order valence-electron chi connectivity index (χ0n) is 27.1. The molecule has 0 saturated carbocycles. The lowest BCUT2D eigenvalue weighted by molar-refractivity contribution is -0.175. The molecule has 0 radical (unpaired) electrons. The first-order valence-corrected chi connectivity index (χ1v) is 19.4. The molecule has 3 aliphatic heterocycles. The lowest BCUT2D eigenvalue weighted by Crippen LogP contribution is -2.39. The quantitative estimate of drug-likeness (QED) is 0.0716. The van der Waals surface area contributed by atoms with E-state index in [0.29, 0.717) is 11.3 Å². The molecule has 53 heavy (non-hydrogen) atoms. The third-order valence-corrected chi connectivity index (χ3v) is 12.1. The molecule has 11 N–H and O–H groups in total. The third-order valence-electron chi connectivity index (χ3n) is 7.83. The number of nitrogen functional groups attached to an aromatic ring is 1. The number of hydrogen-bond acceptors (Lipinski definition) is 23. The molecule has 0 aliphatic carbocycles. The van der Waals surface area contributed by atoms with Crippen LogP contribution in [-0.2, 0) is 45.7 Å². The maximum absolute atomic E-state index is 12.5. The second-order valence-electron chi connectivity index (χ2n) is 11.5. The molecule has 2 fully saturated rings. The van der Waals surface area contributed by atoms with Gasteiger partial charge >= 0.3 is 23.5 Å². The number of rotatable bonds is 14. The average molecular weight is 818 g/mol. The monoisotopic (exact) mass is 818 g/mol. The largest absolute Gasteiger partial charge is 0.490 e. The molecule has 3 aromatic heterocycles. The highest BCUT2D eigenvalue weighted by Gasteiger charge is 2.49. The Hall–Kier alpha value is -3.24. The summed E-state index contributed by atoms with van der Waals surface area (Å²) in [5.41, 5.74) is 5.54. The van der Waals surface area contributed by atoms with Crippen LogP contribution in [0.5, 0.6) is 0 Å². The molecule has 3 unspecified atom stereocenters. The molecule has 2 saturated heterocycles. The molecule has 3 aromatic rings. The maximum Gasteiger partial charge on any atom is 0.490 e. The zero-order chi connectivity index (χ0) is 38.6. The minimum atomic E-state index is -5.97. The Bertz CT molecular complexity index is 2040. The average Bonchev–Trinajstić information content (AvgIpc) is 3.78. The fraction of sp³-hybridized carbons (Fsp3) is 0.591. The van der Waals surface area contributed by atoms with Gasteiger partial charge in [0.25, 0.3) is 5.56 Å². The van der Waals surface area contributed by atoms with E-state index >= 15 is 0 Å². The van der Waals surface area contributed by atoms with E-state index in [-0.39, 0.29) is 29.8 Å². The molecule has 3 aliphatic rings. The van der Waals surface area contributed by atoms with Crippen molar-refractivity contribution in [3.05, 3.63) is 23.0 Å². The molecular formula is C22H33N10O18P3. The fourth-order valence-corrected chi connectivity index (χ4v) is 8.97. The Morgan fingerprint density at radius 1 is 0.943 bits per heavy atom. The lowest BCUT2D eigenvalue weighted by Gasteiger charge is -2.23. The standard InChI is InChI=1S/C22H33N10O18P3/c1-24-16-10-17(26-5-25-16)31(6-27-10)20-14(35)12(33)8(46-20)3-44-51(38,39)49-53(42,43)50-52(40,41)45-4-9-13(34)15(36)21(47-9)48-32-7-30(2)11-18(32)28-22(23)29-19(11)37/h5-6,8-9,12-15,20-21,33-36H,3-4,7H2,1-2H3,(H,38,39)(H,40,41)(H,42,43)(H,24,25,26)(H3,23,28,29,37)/t8-,9-,12-,13-,14-,15-,20-,21+/m1/s1. The molecule has 6 heterocycles. The van der Waals surface area contributed by atoms with Crippen LogP contribution in [0.15, 0.2) is 17.4 Å². The number of phosphoric ester groups is 2. The predicted octanol–water partition coefficient (Wildman–Crippen LogP) is -3.19. The van der Waals surface area contributed by atoms with Crippen molar-refractivity contribution in [3.63, 3.8) is 0 Å². The van der Waals surface area contributed by atoms with Gasteiger partial charge in [0.15, 0.2) is 23.5 Å². The van der Waals surface area contributed by atoms with Gasteiger partial charge in [0, 0.05) is 14.1 Å². The zero-order valence-corrected chi connectivity index (χ0v) is 29.7. The van der Waals surface area contributed by atoms with Crippen molar-refractivity contribution < 1.29 is 80.8 Å². The van der Waals surface area contributed by atoms with E-state index in [0.717, 1.165) is 5.06 Å². The van der Waals surface area contributed by atoms with Crippen molar-refractivity contribution in [1.29, 1.82) is 0 Å². The van der Waals surface area contributed by atoms with E-state index in [2.05, 4.69) is 47.9 Å². The van der Waals surface area contributed by atoms with Gasteiger partial charge in [-0.3, -0.25) is 23.4 Å². The third kappa shape index (κ3) is 8.24. The second-order valence-corrected chi connectivity index (χ2v) is 16.1. The van der Waals surface area contributed by atoms with Crippen LogP contribution in [0.4, 0.5) is 23.3 Å². The van der Waals surface area contributed by atoms with Gasteiger partial charge in [-0.2, -0.15) is 13.6 Å². The second kappa shape index (κ2) is 14.8. The van der Waals surface area contributed by atoms with Crippen LogP contribution in [-0.4, -0.2) is 141 Å². The summed E-state index contributed by atoms with van der Waals surface area (Å²) in [6, 6.07) is 0. The molecule has 31 heteroatoms. The minimum Gasteiger partial charge on any atom is -0.387 e. The molecule has 294 valence electrons. The maximum atomic E-state index is 12.5. The Kier molecular flexibility index (Phi) is 11.0. The minimum absolute atomic E-state index is 0.0493. The number of aliphatic hydroxyl groups is 4. The highest BCUT2D eigenvalue weighted by Crippen LogP contribution is 2.67. The van der Waals surface area contributed by atoms with E-state index in [1.807, 2.05) is 0 Å². The van der Waals surface area contributed by atoms with Gasteiger partial charge in [-0.05, 0) is 0 Å². The van der Waals surface area contributed by atoms with Gasteiger partial charge in [0.1, 0.15) is 60.8 Å². The Morgan fingerprint density at radius 3 is 2.21 bits per heavy atom. The molecule has 11 atom stereocenters. The first-order valence-electron chi connectivity index (χ1n) is 14.9. The number of hydroxylamine groups is 1. The number of H-pyrrole nitrogens is 1. The summed E-state index contributed by atoms with van der Waals surface area (Å²) >= 11 is 0. The summed E-state index contributed by atoms with van der Waals surface area (Å²) in [7, 11) is -14.2. The number of anilines is 4. The van der Waals surface area contributed by atoms with E-state index in [1.54, 1.807) is 7.05 Å². The SMILES string of the molecule is CNc1ncnc2c1ncn2[C@@H]1O[C@H](COP(=O)(O)OP(=O)(O)OP(=O)(O)OC[C@H]2O[C@@H](ON3CN(C)c4c3nc(N)[nH]c4=O)[C@H](O)[C@@H]2O)[C@@H](O)[C@H]1O. The number of aromatic nitrogens is 6. The summed E-state index contributed by atoms with van der Waals surface area (Å²) < 4.78 is 66.9. The van der Waals surface area contributed by atoms with Crippen molar-refractivity contribution in [1.82, 2.24) is 29.5 Å². The van der Waals surface area contributed by atoms with Crippen LogP contribution in [0.25, 0.3) is 11.2 Å². The number of imidazole rings is 1. The first kappa shape index (κ1) is 39.5. The molecular weight excluding hydrogens is 785 g/mol. The van der Waals surface area contributed by atoms with Gasteiger partial charge in [-0.1, -0.05) is 0 Å². The number of aliphatic hydroxyl groups excluding tert-OH is 4. The first-order chi connectivity index (χ1) is 24.8. The Morgan fingerprint density at radius 2 is 1.57 bits per heavy atom. The van der Waals surface area contributed by atoms with Crippen LogP contribution in [0.2, 0.25) is 0 Å². The van der Waals surface area contributed by atoms with Crippen molar-refractivity contribution in [2.24, 2.45) is 0 Å². The summed E-state index contributed by atoms with van der Waals surface area (Å²) in [5.74, 6) is 0.0460. The van der Waals surface area contributed by atoms with E-state index in [4.69, 9.17) is 20.0 Å². The van der Waals surface area contributed by atoms with Crippen molar-refractivity contribution in [2.45, 2.75) is 49.1 Å². The Labute approximate surface area is 295 Å². The summed E-state index contributed by atoms with van der Waals surface area (Å²) in [4.78, 5) is 67.7. The number of nitrogens with two attached hydrogens (primary N) is 1. The summed E-state index contributed by atoms with van der Waals surface area (Å²) in [6.45, 7) is -2.22. The van der Waals surface area contributed by atoms with Gasteiger partial charge in [0.2, 0.25) is 12.2 Å².